The minimum atomic E-state index is -0.965. The van der Waals surface area contributed by atoms with Crippen LogP contribution in [-0.4, -0.2) is 16.0 Å². The topological polar surface area (TPSA) is 57.5 Å². The van der Waals surface area contributed by atoms with Gasteiger partial charge in [-0.3, -0.25) is 4.79 Å². The zero-order valence-corrected chi connectivity index (χ0v) is 15.9. The average Bonchev–Trinajstić information content (AvgIpc) is 2.96. The van der Waals surface area contributed by atoms with E-state index in [0.29, 0.717) is 23.1 Å². The lowest BCUT2D eigenvalue weighted by molar-refractivity contribution is -0.122. The number of aliphatic hydroxyl groups excluding tert-OH is 2. The summed E-state index contributed by atoms with van der Waals surface area (Å²) in [5.74, 6) is -0.743. The molecule has 0 aromatic heterocycles. The van der Waals surface area contributed by atoms with Crippen LogP contribution in [0.5, 0.6) is 0 Å². The zero-order valence-electron chi connectivity index (χ0n) is 12.7. The average molecular weight is 452 g/mol. The molecule has 3 rings (SSSR count). The smallest absolute Gasteiger partial charge is 0.167 e. The number of hydrogen-bond donors (Lipinski definition) is 2. The molecule has 2 aromatic rings. The lowest BCUT2D eigenvalue weighted by Crippen LogP contribution is -2.21. The normalized spacial score (nSPS) is 19.9. The van der Waals surface area contributed by atoms with Gasteiger partial charge in [0.1, 0.15) is 6.10 Å². The van der Waals surface area contributed by atoms with Crippen molar-refractivity contribution in [3.05, 3.63) is 80.3 Å². The number of rotatable bonds is 4. The van der Waals surface area contributed by atoms with Crippen LogP contribution in [0.15, 0.2) is 69.1 Å². The fourth-order valence-electron chi connectivity index (χ4n) is 2.91. The summed E-state index contributed by atoms with van der Waals surface area (Å²) in [5.41, 5.74) is 1.72. The maximum Gasteiger partial charge on any atom is 0.167 e. The van der Waals surface area contributed by atoms with Gasteiger partial charge in [0, 0.05) is 14.5 Å². The number of allylic oxidation sites excluding steroid dienone is 1. The second kappa shape index (κ2) is 7.31. The van der Waals surface area contributed by atoms with Crippen molar-refractivity contribution in [2.45, 2.75) is 18.6 Å². The fourth-order valence-corrected chi connectivity index (χ4v) is 3.44. The van der Waals surface area contributed by atoms with Gasteiger partial charge in [-0.25, -0.2) is 0 Å². The van der Waals surface area contributed by atoms with E-state index in [1.807, 2.05) is 24.3 Å². The molecular weight excluding hydrogens is 436 g/mol. The van der Waals surface area contributed by atoms with Crippen molar-refractivity contribution >= 4 is 37.6 Å². The fraction of sp³-hybridized carbons (Fsp3) is 0.211. The molecule has 0 spiro atoms. The molecule has 0 fully saturated rings. The van der Waals surface area contributed by atoms with Gasteiger partial charge in [-0.15, -0.1) is 0 Å². The Hall–Kier alpha value is -1.27. The minimum absolute atomic E-state index is 0.194. The molecular formula is C19H16Br2O3. The van der Waals surface area contributed by atoms with Gasteiger partial charge in [-0.2, -0.15) is 0 Å². The van der Waals surface area contributed by atoms with E-state index in [-0.39, 0.29) is 5.78 Å². The molecule has 2 aromatic carbocycles. The molecule has 3 atom stereocenters. The summed E-state index contributed by atoms with van der Waals surface area (Å²) in [7, 11) is 0. The number of Topliss-reactive ketones (excluding diaryl/α,β-unsaturated/α-hetero) is 1. The van der Waals surface area contributed by atoms with Crippen LogP contribution in [0.2, 0.25) is 0 Å². The molecule has 0 bridgehead atoms. The van der Waals surface area contributed by atoms with Gasteiger partial charge in [0.15, 0.2) is 5.78 Å². The van der Waals surface area contributed by atoms with Crippen LogP contribution in [-0.2, 0) is 4.79 Å². The predicted octanol–water partition coefficient (Wildman–Crippen LogP) is 4.49. The van der Waals surface area contributed by atoms with Crippen LogP contribution in [0.25, 0.3) is 0 Å². The Balaban J connectivity index is 1.76. The molecule has 24 heavy (non-hydrogen) atoms. The van der Waals surface area contributed by atoms with Gasteiger partial charge < -0.3 is 10.2 Å². The van der Waals surface area contributed by atoms with Crippen LogP contribution in [0.4, 0.5) is 0 Å². The van der Waals surface area contributed by atoms with Crippen molar-refractivity contribution in [2.75, 3.05) is 0 Å². The van der Waals surface area contributed by atoms with Crippen LogP contribution < -0.4 is 0 Å². The Morgan fingerprint density at radius 3 is 1.92 bits per heavy atom. The second-order valence-electron chi connectivity index (χ2n) is 5.82. The van der Waals surface area contributed by atoms with Gasteiger partial charge in [-0.1, -0.05) is 62.2 Å². The van der Waals surface area contributed by atoms with Crippen LogP contribution in [0.3, 0.4) is 0 Å². The van der Waals surface area contributed by atoms with Crippen LogP contribution in [0, 0.1) is 5.92 Å². The Labute approximate surface area is 157 Å². The molecule has 5 heteroatoms. The number of halogens is 2. The molecule has 0 heterocycles. The molecule has 2 N–H and O–H groups in total. The first kappa shape index (κ1) is 17.5. The Morgan fingerprint density at radius 1 is 0.875 bits per heavy atom. The minimum Gasteiger partial charge on any atom is -0.388 e. The van der Waals surface area contributed by atoms with E-state index in [9.17, 15) is 15.0 Å². The van der Waals surface area contributed by atoms with Gasteiger partial charge >= 0.3 is 0 Å². The molecule has 1 aliphatic carbocycles. The predicted molar refractivity (Wildman–Crippen MR) is 99.4 cm³/mol. The summed E-state index contributed by atoms with van der Waals surface area (Å²) in [6.45, 7) is 0. The summed E-state index contributed by atoms with van der Waals surface area (Å²) in [5, 5.41) is 21.0. The number of carbonyl (C=O) groups excluding carboxylic acids is 1. The summed E-state index contributed by atoms with van der Waals surface area (Å²) in [4.78, 5) is 12.7. The first-order valence-electron chi connectivity index (χ1n) is 7.58. The number of benzene rings is 2. The molecule has 1 unspecified atom stereocenters. The molecule has 0 amide bonds. The number of aliphatic hydroxyl groups is 2. The third-order valence-electron chi connectivity index (χ3n) is 4.29. The Morgan fingerprint density at radius 2 is 1.38 bits per heavy atom. The SMILES string of the molecule is O=C1C([C@@H](O)c2ccc(Br)cc2)=CCC1[C@H](O)c1ccc(Br)cc1. The van der Waals surface area contributed by atoms with Crippen molar-refractivity contribution in [1.29, 1.82) is 0 Å². The zero-order chi connectivity index (χ0) is 17.3. The van der Waals surface area contributed by atoms with Crippen LogP contribution in [0.1, 0.15) is 29.8 Å². The lowest BCUT2D eigenvalue weighted by atomic mass is 9.90. The number of carbonyl (C=O) groups is 1. The molecule has 0 radical (unpaired) electrons. The maximum atomic E-state index is 12.7. The first-order valence-corrected chi connectivity index (χ1v) is 9.17. The molecule has 124 valence electrons. The summed E-state index contributed by atoms with van der Waals surface area (Å²) in [6.07, 6.45) is 0.324. The summed E-state index contributed by atoms with van der Waals surface area (Å²) < 4.78 is 1.83. The highest BCUT2D eigenvalue weighted by Gasteiger charge is 2.36. The summed E-state index contributed by atoms with van der Waals surface area (Å²) in [6, 6.07) is 14.5. The van der Waals surface area contributed by atoms with Gasteiger partial charge in [0.25, 0.3) is 0 Å². The lowest BCUT2D eigenvalue weighted by Gasteiger charge is -2.19. The Kier molecular flexibility index (Phi) is 5.35. The molecule has 0 saturated heterocycles. The highest BCUT2D eigenvalue weighted by atomic mass is 79.9. The van der Waals surface area contributed by atoms with Crippen molar-refractivity contribution in [3.8, 4) is 0 Å². The molecule has 1 aliphatic rings. The first-order chi connectivity index (χ1) is 11.5. The standard InChI is InChI=1S/C19H16Br2O3/c20-13-5-1-11(2-6-13)17(22)15-9-10-16(19(15)24)18(23)12-3-7-14(21)8-4-12/h1-9,16-18,22-23H,10H2/t16?,17-,18+/m0/s1. The van der Waals surface area contributed by atoms with E-state index in [1.54, 1.807) is 30.3 Å². The van der Waals surface area contributed by atoms with E-state index in [1.165, 1.54) is 0 Å². The van der Waals surface area contributed by atoms with Crippen molar-refractivity contribution in [2.24, 2.45) is 5.92 Å². The molecule has 3 nitrogen and oxygen atoms in total. The number of ketones is 1. The summed E-state index contributed by atoms with van der Waals surface area (Å²) >= 11 is 6.70. The van der Waals surface area contributed by atoms with Gasteiger partial charge in [0.05, 0.1) is 12.0 Å². The van der Waals surface area contributed by atoms with Crippen LogP contribution >= 0.6 is 31.9 Å². The van der Waals surface area contributed by atoms with Crippen molar-refractivity contribution in [1.82, 2.24) is 0 Å². The molecule has 0 saturated carbocycles. The second-order valence-corrected chi connectivity index (χ2v) is 7.65. The highest BCUT2D eigenvalue weighted by molar-refractivity contribution is 9.10. The third-order valence-corrected chi connectivity index (χ3v) is 5.34. The van der Waals surface area contributed by atoms with E-state index < -0.39 is 18.1 Å². The largest absolute Gasteiger partial charge is 0.388 e. The monoisotopic (exact) mass is 450 g/mol. The highest BCUT2D eigenvalue weighted by Crippen LogP contribution is 2.38. The van der Waals surface area contributed by atoms with Gasteiger partial charge in [0.2, 0.25) is 0 Å². The third kappa shape index (κ3) is 3.54. The van der Waals surface area contributed by atoms with E-state index >= 15 is 0 Å². The van der Waals surface area contributed by atoms with E-state index in [4.69, 9.17) is 0 Å². The molecule has 0 aliphatic heterocycles. The number of hydrogen-bond acceptors (Lipinski definition) is 3. The van der Waals surface area contributed by atoms with Crippen molar-refractivity contribution in [3.63, 3.8) is 0 Å². The van der Waals surface area contributed by atoms with Gasteiger partial charge in [-0.05, 0) is 41.8 Å². The van der Waals surface area contributed by atoms with Crippen molar-refractivity contribution < 1.29 is 15.0 Å². The quantitative estimate of drug-likeness (QED) is 0.719. The van der Waals surface area contributed by atoms with E-state index in [0.717, 1.165) is 8.95 Å². The van der Waals surface area contributed by atoms with E-state index in [2.05, 4.69) is 31.9 Å². The Bertz CT molecular complexity index is 766. The maximum absolute atomic E-state index is 12.7.